The molecule has 0 fully saturated rings. The summed E-state index contributed by atoms with van der Waals surface area (Å²) >= 11 is 0. The minimum absolute atomic E-state index is 1.16. The molecule has 0 aliphatic heterocycles. The van der Waals surface area contributed by atoms with E-state index in [4.69, 9.17) is 0 Å². The van der Waals surface area contributed by atoms with Crippen LogP contribution in [-0.2, 0) is 32.1 Å². The number of hydrogen-bond donors (Lipinski definition) is 0. The molecule has 0 heterocycles. The molecule has 3 aromatic rings. The first-order valence-corrected chi connectivity index (χ1v) is 16.0. The Bertz CT molecular complexity index is 1100. The molecule has 0 radical (unpaired) electrons. The molecule has 0 unspecified atom stereocenters. The molecule has 3 aromatic carbocycles. The monoisotopic (exact) mass is 510 g/mol. The van der Waals surface area contributed by atoms with E-state index < -0.39 is 0 Å². The SMILES string of the molecule is CCCCc1cccc(-c2cccc(CCCC)c2-c2cccc(CCCC)c2CCCC)c1CCCC. The van der Waals surface area contributed by atoms with Crippen molar-refractivity contribution in [3.8, 4) is 22.3 Å². The lowest BCUT2D eigenvalue weighted by Gasteiger charge is -2.23. The van der Waals surface area contributed by atoms with Crippen molar-refractivity contribution in [2.24, 2.45) is 0 Å². The van der Waals surface area contributed by atoms with Crippen LogP contribution in [0.2, 0.25) is 0 Å². The number of unbranched alkanes of at least 4 members (excludes halogenated alkanes) is 5. The standard InChI is InChI=1S/C38H54/c1-6-11-19-30-22-16-27-35(33(30)25-14-9-4)37-29-18-24-32(21-13-8-3)38(37)36-28-17-23-31(20-12-7-2)34(36)26-15-10-5/h16-18,22-24,27-29H,6-15,19-21,25-26H2,1-5H3. The molecular weight excluding hydrogens is 456 g/mol. The lowest BCUT2D eigenvalue weighted by atomic mass is 9.81. The van der Waals surface area contributed by atoms with Crippen LogP contribution in [0.4, 0.5) is 0 Å². The van der Waals surface area contributed by atoms with Gasteiger partial charge in [-0.2, -0.15) is 0 Å². The van der Waals surface area contributed by atoms with Crippen molar-refractivity contribution in [1.82, 2.24) is 0 Å². The average molecular weight is 511 g/mol. The molecule has 38 heavy (non-hydrogen) atoms. The van der Waals surface area contributed by atoms with Gasteiger partial charge in [0.05, 0.1) is 0 Å². The summed E-state index contributed by atoms with van der Waals surface area (Å²) < 4.78 is 0. The highest BCUT2D eigenvalue weighted by molar-refractivity contribution is 5.89. The summed E-state index contributed by atoms with van der Waals surface area (Å²) in [6.45, 7) is 11.6. The summed E-state index contributed by atoms with van der Waals surface area (Å²) in [5.74, 6) is 0. The van der Waals surface area contributed by atoms with Gasteiger partial charge < -0.3 is 0 Å². The maximum absolute atomic E-state index is 2.45. The minimum Gasteiger partial charge on any atom is -0.0654 e. The Balaban J connectivity index is 2.30. The van der Waals surface area contributed by atoms with E-state index in [1.54, 1.807) is 22.3 Å². The molecule has 0 N–H and O–H groups in total. The predicted octanol–water partition coefficient (Wildman–Crippen LogP) is 11.7. The van der Waals surface area contributed by atoms with Gasteiger partial charge >= 0.3 is 0 Å². The molecule has 0 nitrogen and oxygen atoms in total. The van der Waals surface area contributed by atoms with Crippen molar-refractivity contribution in [3.63, 3.8) is 0 Å². The molecule has 0 aliphatic carbocycles. The van der Waals surface area contributed by atoms with E-state index in [9.17, 15) is 0 Å². The van der Waals surface area contributed by atoms with Gasteiger partial charge in [-0.05, 0) is 114 Å². The van der Waals surface area contributed by atoms with E-state index in [0.717, 1.165) is 6.42 Å². The fourth-order valence-corrected chi connectivity index (χ4v) is 5.97. The lowest BCUT2D eigenvalue weighted by Crippen LogP contribution is -2.04. The van der Waals surface area contributed by atoms with Crippen molar-refractivity contribution >= 4 is 0 Å². The summed E-state index contributed by atoms with van der Waals surface area (Å²) in [7, 11) is 0. The van der Waals surface area contributed by atoms with E-state index >= 15 is 0 Å². The molecule has 0 amide bonds. The van der Waals surface area contributed by atoms with Gasteiger partial charge in [0.2, 0.25) is 0 Å². The highest BCUT2D eigenvalue weighted by atomic mass is 14.2. The number of rotatable bonds is 17. The van der Waals surface area contributed by atoms with Crippen molar-refractivity contribution in [3.05, 3.63) is 82.4 Å². The van der Waals surface area contributed by atoms with Crippen LogP contribution in [-0.4, -0.2) is 0 Å². The Labute approximate surface area is 235 Å². The van der Waals surface area contributed by atoms with E-state index in [1.807, 2.05) is 0 Å². The van der Waals surface area contributed by atoms with E-state index in [-0.39, 0.29) is 0 Å². The van der Waals surface area contributed by atoms with Crippen LogP contribution in [0.5, 0.6) is 0 Å². The lowest BCUT2D eigenvalue weighted by molar-refractivity contribution is 0.758. The summed E-state index contributed by atoms with van der Waals surface area (Å²) in [5.41, 5.74) is 13.9. The van der Waals surface area contributed by atoms with Crippen LogP contribution in [0, 0.1) is 0 Å². The first-order valence-electron chi connectivity index (χ1n) is 16.0. The zero-order chi connectivity index (χ0) is 27.2. The zero-order valence-corrected chi connectivity index (χ0v) is 25.3. The summed E-state index contributed by atoms with van der Waals surface area (Å²) in [5, 5.41) is 0. The zero-order valence-electron chi connectivity index (χ0n) is 25.3. The van der Waals surface area contributed by atoms with Gasteiger partial charge in [-0.25, -0.2) is 0 Å². The fraction of sp³-hybridized carbons (Fsp3) is 0.526. The molecule has 0 aromatic heterocycles. The topological polar surface area (TPSA) is 0 Å². The van der Waals surface area contributed by atoms with Crippen molar-refractivity contribution in [2.45, 2.75) is 131 Å². The Morgan fingerprint density at radius 2 is 0.737 bits per heavy atom. The van der Waals surface area contributed by atoms with Crippen molar-refractivity contribution in [2.75, 3.05) is 0 Å². The third-order valence-corrected chi connectivity index (χ3v) is 8.22. The smallest absolute Gasteiger partial charge is 0.00703 e. The van der Waals surface area contributed by atoms with Crippen molar-refractivity contribution in [1.29, 1.82) is 0 Å². The third-order valence-electron chi connectivity index (χ3n) is 8.22. The van der Waals surface area contributed by atoms with Crippen LogP contribution in [0.3, 0.4) is 0 Å². The van der Waals surface area contributed by atoms with Gasteiger partial charge in [-0.15, -0.1) is 0 Å². The fourth-order valence-electron chi connectivity index (χ4n) is 5.97. The van der Waals surface area contributed by atoms with E-state index in [0.29, 0.717) is 0 Å². The highest BCUT2D eigenvalue weighted by Gasteiger charge is 2.20. The van der Waals surface area contributed by atoms with Gasteiger partial charge in [-0.1, -0.05) is 121 Å². The molecule has 0 heteroatoms. The molecule has 3 rings (SSSR count). The second-order valence-electron chi connectivity index (χ2n) is 11.2. The number of benzene rings is 3. The molecule has 0 saturated heterocycles. The molecule has 0 aliphatic rings. The summed E-state index contributed by atoms with van der Waals surface area (Å²) in [6, 6.07) is 21.5. The van der Waals surface area contributed by atoms with Crippen LogP contribution < -0.4 is 0 Å². The summed E-state index contributed by atoms with van der Waals surface area (Å²) in [6.07, 6.45) is 18.5. The number of aryl methyl sites for hydroxylation is 3. The van der Waals surface area contributed by atoms with Gasteiger partial charge in [0.1, 0.15) is 0 Å². The van der Waals surface area contributed by atoms with E-state index in [1.165, 1.54) is 118 Å². The molecule has 0 atom stereocenters. The highest BCUT2D eigenvalue weighted by Crippen LogP contribution is 2.41. The number of hydrogen-bond acceptors (Lipinski definition) is 0. The molecular formula is C38H54. The maximum Gasteiger partial charge on any atom is -0.00703 e. The van der Waals surface area contributed by atoms with Crippen LogP contribution >= 0.6 is 0 Å². The largest absolute Gasteiger partial charge is 0.0654 e. The average Bonchev–Trinajstić information content (AvgIpc) is 2.95. The Hall–Kier alpha value is -2.34. The first kappa shape index (κ1) is 30.2. The van der Waals surface area contributed by atoms with Gasteiger partial charge in [0, 0.05) is 0 Å². The Morgan fingerprint density at radius 3 is 1.24 bits per heavy atom. The third kappa shape index (κ3) is 7.84. The van der Waals surface area contributed by atoms with Gasteiger partial charge in [0.15, 0.2) is 0 Å². The molecule has 0 spiro atoms. The summed E-state index contributed by atoms with van der Waals surface area (Å²) in [4.78, 5) is 0. The quantitative estimate of drug-likeness (QED) is 0.169. The second kappa shape index (κ2) is 16.6. The van der Waals surface area contributed by atoms with Gasteiger partial charge in [-0.3, -0.25) is 0 Å². The molecule has 0 bridgehead atoms. The van der Waals surface area contributed by atoms with Crippen LogP contribution in [0.25, 0.3) is 22.3 Å². The Morgan fingerprint density at radius 1 is 0.368 bits per heavy atom. The minimum atomic E-state index is 1.16. The second-order valence-corrected chi connectivity index (χ2v) is 11.2. The first-order chi connectivity index (χ1) is 18.7. The maximum atomic E-state index is 2.45. The Kier molecular flexibility index (Phi) is 13.2. The van der Waals surface area contributed by atoms with Crippen molar-refractivity contribution < 1.29 is 0 Å². The molecule has 0 saturated carbocycles. The normalized spacial score (nSPS) is 11.3. The van der Waals surface area contributed by atoms with E-state index in [2.05, 4.69) is 89.2 Å². The van der Waals surface area contributed by atoms with Crippen LogP contribution in [0.15, 0.2) is 54.6 Å². The molecule has 206 valence electrons. The van der Waals surface area contributed by atoms with Crippen LogP contribution in [0.1, 0.15) is 127 Å². The predicted molar refractivity (Wildman–Crippen MR) is 170 cm³/mol. The van der Waals surface area contributed by atoms with Gasteiger partial charge in [0.25, 0.3) is 0 Å².